The van der Waals surface area contributed by atoms with Crippen molar-refractivity contribution in [2.75, 3.05) is 13.1 Å². The molecular formula is C11H13ClF3NO. The van der Waals surface area contributed by atoms with Gasteiger partial charge < -0.3 is 10.1 Å². The van der Waals surface area contributed by atoms with E-state index >= 15 is 0 Å². The first-order valence-corrected chi connectivity index (χ1v) is 5.19. The van der Waals surface area contributed by atoms with Gasteiger partial charge in [-0.3, -0.25) is 0 Å². The summed E-state index contributed by atoms with van der Waals surface area (Å²) in [4.78, 5) is 0. The molecule has 0 aliphatic carbocycles. The topological polar surface area (TPSA) is 21.3 Å². The Morgan fingerprint density at radius 3 is 2.12 bits per heavy atom. The van der Waals surface area contributed by atoms with Crippen LogP contribution < -0.4 is 10.1 Å². The monoisotopic (exact) mass is 267 g/mol. The highest BCUT2D eigenvalue weighted by molar-refractivity contribution is 5.85. The number of rotatable bonds is 2. The first-order chi connectivity index (χ1) is 7.66. The zero-order valence-corrected chi connectivity index (χ0v) is 9.83. The average Bonchev–Trinajstić information content (AvgIpc) is 2.25. The highest BCUT2D eigenvalue weighted by Gasteiger charge is 2.19. The Hall–Kier alpha value is -0.940. The molecule has 17 heavy (non-hydrogen) atoms. The summed E-state index contributed by atoms with van der Waals surface area (Å²) in [5, 5.41) is 3.11. The molecule has 96 valence electrons. The van der Waals surface area contributed by atoms with Crippen molar-refractivity contribution in [3.8, 4) is 5.75 Å². The van der Waals surface area contributed by atoms with Crippen LogP contribution in [0.5, 0.6) is 5.75 Å². The van der Waals surface area contributed by atoms with Gasteiger partial charge in [0.25, 0.3) is 0 Å². The molecule has 2 rings (SSSR count). The van der Waals surface area contributed by atoms with Crippen LogP contribution in [-0.2, 0) is 0 Å². The minimum absolute atomic E-state index is 0. The summed E-state index contributed by atoms with van der Waals surface area (Å²) in [6.45, 7) is 1.52. The number of nitrogens with one attached hydrogen (secondary N) is 1. The first-order valence-electron chi connectivity index (χ1n) is 5.19. The summed E-state index contributed by atoms with van der Waals surface area (Å²) in [5.74, 6) is -3.40. The molecule has 1 aliphatic heterocycles. The number of piperidine rings is 1. The van der Waals surface area contributed by atoms with Crippen LogP contribution >= 0.6 is 12.4 Å². The van der Waals surface area contributed by atoms with E-state index in [4.69, 9.17) is 4.74 Å². The fourth-order valence-corrected chi connectivity index (χ4v) is 1.72. The van der Waals surface area contributed by atoms with Crippen molar-refractivity contribution in [1.29, 1.82) is 0 Å². The van der Waals surface area contributed by atoms with Crippen LogP contribution in [-0.4, -0.2) is 19.2 Å². The van der Waals surface area contributed by atoms with E-state index < -0.39 is 23.2 Å². The van der Waals surface area contributed by atoms with E-state index in [1.54, 1.807) is 0 Å². The molecule has 0 aromatic heterocycles. The number of halogens is 4. The van der Waals surface area contributed by atoms with Crippen molar-refractivity contribution in [3.63, 3.8) is 0 Å². The molecule has 0 spiro atoms. The van der Waals surface area contributed by atoms with Crippen molar-refractivity contribution in [2.24, 2.45) is 0 Å². The minimum atomic E-state index is -0.990. The lowest BCUT2D eigenvalue weighted by molar-refractivity contribution is 0.148. The second-order valence-corrected chi connectivity index (χ2v) is 3.77. The third-order valence-corrected chi connectivity index (χ3v) is 2.53. The summed E-state index contributed by atoms with van der Waals surface area (Å²) >= 11 is 0. The molecule has 0 radical (unpaired) electrons. The van der Waals surface area contributed by atoms with Crippen LogP contribution in [0.2, 0.25) is 0 Å². The van der Waals surface area contributed by atoms with Crippen LogP contribution in [0, 0.1) is 17.5 Å². The quantitative estimate of drug-likeness (QED) is 0.890. The fourth-order valence-electron chi connectivity index (χ4n) is 1.72. The molecule has 1 aromatic carbocycles. The maximum Gasteiger partial charge on any atom is 0.191 e. The van der Waals surface area contributed by atoms with Crippen molar-refractivity contribution in [3.05, 3.63) is 29.6 Å². The van der Waals surface area contributed by atoms with Crippen LogP contribution in [0.3, 0.4) is 0 Å². The lowest BCUT2D eigenvalue weighted by Crippen LogP contribution is -2.34. The van der Waals surface area contributed by atoms with E-state index in [0.29, 0.717) is 25.0 Å². The van der Waals surface area contributed by atoms with Gasteiger partial charge in [-0.1, -0.05) is 0 Å². The second kappa shape index (κ2) is 6.12. The van der Waals surface area contributed by atoms with Crippen LogP contribution in [0.25, 0.3) is 0 Å². The number of ether oxygens (including phenoxy) is 1. The van der Waals surface area contributed by atoms with Crippen LogP contribution in [0.15, 0.2) is 12.1 Å². The molecule has 0 unspecified atom stereocenters. The average molecular weight is 268 g/mol. The van der Waals surface area contributed by atoms with Gasteiger partial charge >= 0.3 is 0 Å². The molecule has 1 heterocycles. The molecule has 2 nitrogen and oxygen atoms in total. The summed E-state index contributed by atoms with van der Waals surface area (Å²) < 4.78 is 44.3. The van der Waals surface area contributed by atoms with Gasteiger partial charge in [0.1, 0.15) is 11.9 Å². The van der Waals surface area contributed by atoms with Gasteiger partial charge in [-0.25, -0.2) is 13.2 Å². The number of hydrogen-bond donors (Lipinski definition) is 1. The Balaban J connectivity index is 0.00000144. The lowest BCUT2D eigenvalue weighted by atomic mass is 10.1. The minimum Gasteiger partial charge on any atom is -0.484 e. The summed E-state index contributed by atoms with van der Waals surface area (Å²) in [6, 6.07) is 1.25. The van der Waals surface area contributed by atoms with Crippen molar-refractivity contribution in [2.45, 2.75) is 18.9 Å². The maximum atomic E-state index is 13.2. The van der Waals surface area contributed by atoms with E-state index in [0.717, 1.165) is 13.1 Å². The maximum absolute atomic E-state index is 13.2. The number of hydrogen-bond acceptors (Lipinski definition) is 2. The van der Waals surface area contributed by atoms with Gasteiger partial charge in [0.2, 0.25) is 0 Å². The van der Waals surface area contributed by atoms with Crippen molar-refractivity contribution < 1.29 is 17.9 Å². The summed E-state index contributed by atoms with van der Waals surface area (Å²) in [5.41, 5.74) is 0. The van der Waals surface area contributed by atoms with E-state index in [1.807, 2.05) is 0 Å². The standard InChI is InChI=1S/C11H12F3NO.ClH/c12-7-5-9(13)11(10(14)6-7)16-8-1-3-15-4-2-8;/h5-6,8,15H,1-4H2;1H. The van der Waals surface area contributed by atoms with E-state index in [-0.39, 0.29) is 18.5 Å². The van der Waals surface area contributed by atoms with Gasteiger partial charge in [-0.05, 0) is 25.9 Å². The van der Waals surface area contributed by atoms with Crippen molar-refractivity contribution in [1.82, 2.24) is 5.32 Å². The zero-order valence-electron chi connectivity index (χ0n) is 9.01. The molecule has 1 fully saturated rings. The summed E-state index contributed by atoms with van der Waals surface area (Å²) in [6.07, 6.45) is 1.17. The molecule has 1 aliphatic rings. The molecule has 0 amide bonds. The third-order valence-electron chi connectivity index (χ3n) is 2.53. The highest BCUT2D eigenvalue weighted by Crippen LogP contribution is 2.25. The predicted octanol–water partition coefficient (Wildman–Crippen LogP) is 2.66. The van der Waals surface area contributed by atoms with Gasteiger partial charge in [-0.2, -0.15) is 0 Å². The third kappa shape index (κ3) is 3.51. The van der Waals surface area contributed by atoms with Crippen molar-refractivity contribution >= 4 is 12.4 Å². The molecule has 1 N–H and O–H groups in total. The fraction of sp³-hybridized carbons (Fsp3) is 0.455. The largest absolute Gasteiger partial charge is 0.484 e. The highest BCUT2D eigenvalue weighted by atomic mass is 35.5. The zero-order chi connectivity index (χ0) is 11.5. The first kappa shape index (κ1) is 14.1. The van der Waals surface area contributed by atoms with E-state index in [9.17, 15) is 13.2 Å². The van der Waals surface area contributed by atoms with E-state index in [1.165, 1.54) is 0 Å². The Kier molecular flexibility index (Phi) is 5.08. The summed E-state index contributed by atoms with van der Waals surface area (Å²) in [7, 11) is 0. The molecule has 0 saturated carbocycles. The van der Waals surface area contributed by atoms with Gasteiger partial charge in [0, 0.05) is 12.1 Å². The molecular weight excluding hydrogens is 255 g/mol. The molecule has 0 bridgehead atoms. The SMILES string of the molecule is Cl.Fc1cc(F)c(OC2CCNCC2)c(F)c1. The Labute approximate surface area is 104 Å². The number of benzene rings is 1. The lowest BCUT2D eigenvalue weighted by Gasteiger charge is -2.24. The Bertz CT molecular complexity index is 360. The van der Waals surface area contributed by atoms with Gasteiger partial charge in [0.05, 0.1) is 0 Å². The molecule has 6 heteroatoms. The molecule has 1 saturated heterocycles. The smallest absolute Gasteiger partial charge is 0.191 e. The van der Waals surface area contributed by atoms with Gasteiger partial charge in [0.15, 0.2) is 17.4 Å². The molecule has 0 atom stereocenters. The van der Waals surface area contributed by atoms with Gasteiger partial charge in [-0.15, -0.1) is 12.4 Å². The Morgan fingerprint density at radius 2 is 1.59 bits per heavy atom. The van der Waals surface area contributed by atoms with Crippen LogP contribution in [0.1, 0.15) is 12.8 Å². The molecule has 1 aromatic rings. The second-order valence-electron chi connectivity index (χ2n) is 3.77. The predicted molar refractivity (Wildman–Crippen MR) is 60.1 cm³/mol. The Morgan fingerprint density at radius 1 is 1.06 bits per heavy atom. The van der Waals surface area contributed by atoms with Crippen LogP contribution in [0.4, 0.5) is 13.2 Å². The normalized spacial score (nSPS) is 16.4. The van der Waals surface area contributed by atoms with E-state index in [2.05, 4.69) is 5.32 Å².